The first kappa shape index (κ1) is 27.0. The van der Waals surface area contributed by atoms with E-state index in [4.69, 9.17) is 4.74 Å². The molecule has 35 heavy (non-hydrogen) atoms. The molecule has 1 aromatic carbocycles. The van der Waals surface area contributed by atoms with E-state index in [9.17, 15) is 19.5 Å². The lowest BCUT2D eigenvalue weighted by atomic mass is 10.1. The number of carbonyl (C=O) groups is 3. The topological polar surface area (TPSA) is 109 Å². The van der Waals surface area contributed by atoms with E-state index >= 15 is 0 Å². The van der Waals surface area contributed by atoms with Gasteiger partial charge in [-0.05, 0) is 25.8 Å². The molecule has 0 spiro atoms. The fourth-order valence-electron chi connectivity index (χ4n) is 3.16. The third-order valence-corrected chi connectivity index (χ3v) is 4.95. The van der Waals surface area contributed by atoms with Gasteiger partial charge in [0.25, 0.3) is 12.6 Å². The van der Waals surface area contributed by atoms with Crippen molar-refractivity contribution in [2.24, 2.45) is 0 Å². The van der Waals surface area contributed by atoms with Crippen LogP contribution in [0.2, 0.25) is 0 Å². The fourth-order valence-corrected chi connectivity index (χ4v) is 3.16. The molecule has 3 N–H and O–H groups in total. The van der Waals surface area contributed by atoms with Gasteiger partial charge in [-0.1, -0.05) is 66.8 Å². The summed E-state index contributed by atoms with van der Waals surface area (Å²) < 4.78 is 6.81. The maximum absolute atomic E-state index is 12.5. The Morgan fingerprint density at radius 3 is 2.40 bits per heavy atom. The summed E-state index contributed by atoms with van der Waals surface area (Å²) in [5.74, 6) is -1.67. The molecule has 0 saturated carbocycles. The van der Waals surface area contributed by atoms with Gasteiger partial charge < -0.3 is 20.5 Å². The summed E-state index contributed by atoms with van der Waals surface area (Å²) in [5.41, 5.74) is 1.97. The lowest BCUT2D eigenvalue weighted by Crippen LogP contribution is -2.42. The predicted molar refractivity (Wildman–Crippen MR) is 132 cm³/mol. The van der Waals surface area contributed by atoms with Crippen molar-refractivity contribution in [2.45, 2.75) is 45.5 Å². The van der Waals surface area contributed by atoms with Crippen LogP contribution in [0.25, 0.3) is 0 Å². The number of hydrogen-bond acceptors (Lipinski definition) is 4. The Balaban J connectivity index is 1.83. The predicted octanol–water partition coefficient (Wildman–Crippen LogP) is 3.55. The highest BCUT2D eigenvalue weighted by atomic mass is 16.6. The molecule has 0 fully saturated rings. The first-order valence-corrected chi connectivity index (χ1v) is 11.3. The summed E-state index contributed by atoms with van der Waals surface area (Å²) in [6, 6.07) is 11.7. The number of ether oxygens (including phenoxy) is 1. The van der Waals surface area contributed by atoms with E-state index in [0.717, 1.165) is 5.56 Å². The first-order valence-electron chi connectivity index (χ1n) is 11.3. The molecule has 2 rings (SSSR count). The standard InChI is InChI=1S/C27H31N3O5/c1-4-5-7-10-20(2)17-24(26(32)33)29-25(31)23-13-15-30(16-14-23)19-35-27(34)28-21(3)18-22-11-8-6-9-12-22/h4-16,21,24H,2,17-19H2,1,3H3,(H2-,28,29,31,32,33,34)/p+1/b5-4-,10-7-/t21-,24-/m0/s1. The van der Waals surface area contributed by atoms with Gasteiger partial charge in [-0.15, -0.1) is 0 Å². The van der Waals surface area contributed by atoms with E-state index in [1.54, 1.807) is 35.2 Å². The number of rotatable bonds is 12. The third-order valence-electron chi connectivity index (χ3n) is 4.95. The van der Waals surface area contributed by atoms with Crippen molar-refractivity contribution in [2.75, 3.05) is 0 Å². The van der Waals surface area contributed by atoms with Gasteiger partial charge in [0.05, 0.1) is 5.56 Å². The van der Waals surface area contributed by atoms with Crippen molar-refractivity contribution < 1.29 is 28.8 Å². The normalized spacial score (nSPS) is 12.7. The lowest BCUT2D eigenvalue weighted by molar-refractivity contribution is -0.727. The minimum absolute atomic E-state index is 0.0398. The van der Waals surface area contributed by atoms with Crippen LogP contribution in [0.15, 0.2) is 91.3 Å². The molecule has 1 heterocycles. The second-order valence-electron chi connectivity index (χ2n) is 8.01. The van der Waals surface area contributed by atoms with Gasteiger partial charge in [0, 0.05) is 24.6 Å². The monoisotopic (exact) mass is 478 g/mol. The van der Waals surface area contributed by atoms with Gasteiger partial charge in [-0.25, -0.2) is 9.59 Å². The largest absolute Gasteiger partial charge is 0.480 e. The van der Waals surface area contributed by atoms with Crippen LogP contribution in [-0.2, 0) is 22.7 Å². The van der Waals surface area contributed by atoms with Crippen molar-refractivity contribution in [1.82, 2.24) is 10.6 Å². The fraction of sp³-hybridized carbons (Fsp3) is 0.259. The van der Waals surface area contributed by atoms with Crippen molar-refractivity contribution in [3.05, 3.63) is 102 Å². The van der Waals surface area contributed by atoms with Crippen LogP contribution in [0.5, 0.6) is 0 Å². The number of allylic oxidation sites excluding steroid dienone is 4. The summed E-state index contributed by atoms with van der Waals surface area (Å²) in [6.45, 7) is 7.55. The number of hydrogen-bond donors (Lipinski definition) is 3. The Hall–Kier alpha value is -4.20. The highest BCUT2D eigenvalue weighted by Crippen LogP contribution is 2.07. The van der Waals surface area contributed by atoms with Gasteiger partial charge in [-0.2, -0.15) is 4.57 Å². The molecule has 8 nitrogen and oxygen atoms in total. The van der Waals surface area contributed by atoms with Gasteiger partial charge >= 0.3 is 12.1 Å². The van der Waals surface area contributed by atoms with E-state index in [0.29, 0.717) is 12.0 Å². The SMILES string of the molecule is C=C(/C=C\C=C/C)C[C@H](NC(=O)c1cc[n+](COC(=O)N[C@@H](C)Cc2ccccc2)cc1)C(=O)O. The molecule has 0 aliphatic rings. The molecule has 2 atom stereocenters. The summed E-state index contributed by atoms with van der Waals surface area (Å²) >= 11 is 0. The highest BCUT2D eigenvalue weighted by Gasteiger charge is 2.21. The van der Waals surface area contributed by atoms with Crippen molar-refractivity contribution in [3.8, 4) is 0 Å². The van der Waals surface area contributed by atoms with Crippen LogP contribution in [0.3, 0.4) is 0 Å². The second kappa shape index (κ2) is 14.1. The zero-order valence-electron chi connectivity index (χ0n) is 20.0. The molecule has 0 aliphatic heterocycles. The Morgan fingerprint density at radius 1 is 1.09 bits per heavy atom. The molecule has 184 valence electrons. The number of pyridine rings is 1. The summed E-state index contributed by atoms with van der Waals surface area (Å²) in [5, 5.41) is 14.7. The Labute approximate surface area is 205 Å². The van der Waals surface area contributed by atoms with Crippen molar-refractivity contribution in [1.29, 1.82) is 0 Å². The van der Waals surface area contributed by atoms with E-state index in [1.807, 2.05) is 50.3 Å². The number of carbonyl (C=O) groups excluding carboxylic acids is 2. The molecule has 1 aromatic heterocycles. The first-order chi connectivity index (χ1) is 16.8. The Morgan fingerprint density at radius 2 is 1.77 bits per heavy atom. The molecule has 0 radical (unpaired) electrons. The number of benzene rings is 1. The maximum atomic E-state index is 12.5. The number of alkyl carbamates (subject to hydrolysis) is 1. The Kier molecular flexibility index (Phi) is 10.9. The van der Waals surface area contributed by atoms with Crippen LogP contribution < -0.4 is 15.2 Å². The Bertz CT molecular complexity index is 1060. The quantitative estimate of drug-likeness (QED) is 0.319. The number of carboxylic acid groups (broad SMARTS) is 1. The number of aliphatic carboxylic acids is 1. The van der Waals surface area contributed by atoms with Gasteiger partial charge in [0.15, 0.2) is 12.4 Å². The number of nitrogens with one attached hydrogen (secondary N) is 2. The molecule has 0 unspecified atom stereocenters. The number of carboxylic acids is 1. The van der Waals surface area contributed by atoms with Crippen LogP contribution in [-0.4, -0.2) is 35.2 Å². The highest BCUT2D eigenvalue weighted by molar-refractivity contribution is 5.96. The van der Waals surface area contributed by atoms with Crippen LogP contribution in [0, 0.1) is 0 Å². The minimum Gasteiger partial charge on any atom is -0.480 e. The molecule has 0 aliphatic carbocycles. The van der Waals surface area contributed by atoms with Crippen LogP contribution in [0.4, 0.5) is 4.79 Å². The van der Waals surface area contributed by atoms with E-state index in [2.05, 4.69) is 17.2 Å². The molecule has 8 heteroatoms. The van der Waals surface area contributed by atoms with Crippen LogP contribution in [0.1, 0.15) is 36.2 Å². The second-order valence-corrected chi connectivity index (χ2v) is 8.01. The number of aromatic nitrogens is 1. The summed E-state index contributed by atoms with van der Waals surface area (Å²) in [7, 11) is 0. The minimum atomic E-state index is -1.15. The molecular formula is C27H32N3O5+. The summed E-state index contributed by atoms with van der Waals surface area (Å²) in [4.78, 5) is 36.1. The van der Waals surface area contributed by atoms with Gasteiger partial charge in [0.1, 0.15) is 6.04 Å². The van der Waals surface area contributed by atoms with Crippen LogP contribution >= 0.6 is 0 Å². The maximum Gasteiger partial charge on any atom is 0.412 e. The molecule has 2 aromatic rings. The average molecular weight is 479 g/mol. The van der Waals surface area contributed by atoms with E-state index in [-0.39, 0.29) is 24.8 Å². The lowest BCUT2D eigenvalue weighted by Gasteiger charge is -2.14. The van der Waals surface area contributed by atoms with Gasteiger partial charge in [0.2, 0.25) is 0 Å². The molecule has 0 saturated heterocycles. The van der Waals surface area contributed by atoms with Crippen molar-refractivity contribution in [3.63, 3.8) is 0 Å². The smallest absolute Gasteiger partial charge is 0.412 e. The number of nitrogens with zero attached hydrogens (tertiary/aromatic N) is 1. The third kappa shape index (κ3) is 10.1. The zero-order valence-corrected chi connectivity index (χ0v) is 20.0. The van der Waals surface area contributed by atoms with Gasteiger partial charge in [-0.3, -0.25) is 4.79 Å². The molecule has 0 bridgehead atoms. The van der Waals surface area contributed by atoms with Crippen molar-refractivity contribution >= 4 is 18.0 Å². The average Bonchev–Trinajstić information content (AvgIpc) is 2.83. The zero-order chi connectivity index (χ0) is 25.6. The summed E-state index contributed by atoms with van der Waals surface area (Å²) in [6.07, 6.45) is 10.5. The molecule has 2 amide bonds. The molecular weight excluding hydrogens is 446 g/mol. The van der Waals surface area contributed by atoms with E-state index < -0.39 is 24.0 Å². The number of amides is 2. The van der Waals surface area contributed by atoms with E-state index in [1.165, 1.54) is 12.1 Å².